The van der Waals surface area contributed by atoms with Gasteiger partial charge in [0.25, 0.3) is 0 Å². The van der Waals surface area contributed by atoms with Gasteiger partial charge in [-0.05, 0) is 73.7 Å². The first-order chi connectivity index (χ1) is 16.0. The summed E-state index contributed by atoms with van der Waals surface area (Å²) in [5.74, 6) is -0.0565. The van der Waals surface area contributed by atoms with Crippen molar-refractivity contribution in [3.63, 3.8) is 0 Å². The molecule has 1 heterocycles. The number of rotatable bonds is 4. The Morgan fingerprint density at radius 1 is 1.00 bits per heavy atom. The second kappa shape index (κ2) is 8.53. The Balaban J connectivity index is 1.61. The summed E-state index contributed by atoms with van der Waals surface area (Å²) in [6.45, 7) is 6.51. The lowest BCUT2D eigenvalue weighted by Gasteiger charge is -2.38. The molecule has 3 aromatic carbocycles. The summed E-state index contributed by atoms with van der Waals surface area (Å²) < 4.78 is 5.15. The molecule has 0 unspecified atom stereocenters. The third-order valence-electron chi connectivity index (χ3n) is 6.66. The zero-order chi connectivity index (χ0) is 23.0. The molecule has 0 radical (unpaired) electrons. The fourth-order valence-electron chi connectivity index (χ4n) is 4.99. The number of hydrogen-bond donors (Lipinski definition) is 0. The van der Waals surface area contributed by atoms with Crippen LogP contribution in [-0.4, -0.2) is 18.2 Å². The number of esters is 1. The predicted octanol–water partition coefficient (Wildman–Crippen LogP) is 6.39. The number of carbonyl (C=O) groups is 1. The molecule has 0 saturated carbocycles. The Hall–Kier alpha value is -3.37. The Bertz CT molecular complexity index is 1180. The molecule has 33 heavy (non-hydrogen) atoms. The third kappa shape index (κ3) is 3.96. The number of fused-ring (bicyclic) bond motifs is 3. The Labute approximate surface area is 195 Å². The van der Waals surface area contributed by atoms with E-state index in [9.17, 15) is 4.79 Å². The van der Waals surface area contributed by atoms with E-state index in [1.165, 1.54) is 16.7 Å². The fourth-order valence-corrected chi connectivity index (χ4v) is 4.99. The van der Waals surface area contributed by atoms with Gasteiger partial charge in [-0.1, -0.05) is 60.7 Å². The van der Waals surface area contributed by atoms with Crippen LogP contribution in [0.25, 0.3) is 5.57 Å². The molecule has 0 N–H and O–H groups in total. The van der Waals surface area contributed by atoms with Gasteiger partial charge in [-0.3, -0.25) is 4.84 Å². The van der Waals surface area contributed by atoms with Crippen LogP contribution in [0, 0.1) is 5.92 Å². The number of hydroxylamine groups is 1. The minimum absolute atomic E-state index is 0.106. The minimum atomic E-state index is -0.422. The average Bonchev–Trinajstić information content (AvgIpc) is 3.16. The summed E-state index contributed by atoms with van der Waals surface area (Å²) in [6.07, 6.45) is 3.33. The van der Waals surface area contributed by atoms with Crippen molar-refractivity contribution < 1.29 is 14.4 Å². The van der Waals surface area contributed by atoms with E-state index in [0.29, 0.717) is 12.2 Å². The van der Waals surface area contributed by atoms with Gasteiger partial charge in [0, 0.05) is 5.92 Å². The van der Waals surface area contributed by atoms with Crippen molar-refractivity contribution >= 4 is 17.2 Å². The van der Waals surface area contributed by atoms with Crippen molar-refractivity contribution in [2.24, 2.45) is 5.92 Å². The van der Waals surface area contributed by atoms with Gasteiger partial charge < -0.3 is 4.74 Å². The normalized spacial score (nSPS) is 20.9. The SMILES string of the molecule is CCOC(=O)c1ccc(N2OC(C)(C)[C@H]3Cc4ccccc4C3=C[C@H]2c2ccccc2)cc1. The van der Waals surface area contributed by atoms with Gasteiger partial charge in [-0.25, -0.2) is 9.86 Å². The standard InChI is InChI=1S/C29H29NO3/c1-4-32-28(31)21-14-16-23(17-15-21)30-27(20-10-6-5-7-11-20)19-25-24-13-9-8-12-22(24)18-26(25)29(2,3)33-30/h5-17,19,26-27H,4,18H2,1-3H3/t26-,27-/m0/s1. The summed E-state index contributed by atoms with van der Waals surface area (Å²) in [7, 11) is 0. The maximum absolute atomic E-state index is 12.1. The summed E-state index contributed by atoms with van der Waals surface area (Å²) >= 11 is 0. The highest BCUT2D eigenvalue weighted by atomic mass is 16.7. The van der Waals surface area contributed by atoms with E-state index >= 15 is 0 Å². The van der Waals surface area contributed by atoms with Gasteiger partial charge in [0.05, 0.1) is 23.5 Å². The van der Waals surface area contributed by atoms with E-state index in [-0.39, 0.29) is 17.9 Å². The van der Waals surface area contributed by atoms with E-state index in [4.69, 9.17) is 9.57 Å². The van der Waals surface area contributed by atoms with Gasteiger partial charge in [0.2, 0.25) is 0 Å². The van der Waals surface area contributed by atoms with Crippen molar-refractivity contribution in [2.45, 2.75) is 38.8 Å². The molecule has 5 rings (SSSR count). The third-order valence-corrected chi connectivity index (χ3v) is 6.66. The van der Waals surface area contributed by atoms with Crippen LogP contribution >= 0.6 is 0 Å². The molecular formula is C29H29NO3. The quantitative estimate of drug-likeness (QED) is 0.442. The maximum atomic E-state index is 12.1. The lowest BCUT2D eigenvalue weighted by molar-refractivity contribution is -0.0612. The van der Waals surface area contributed by atoms with Crippen molar-refractivity contribution in [2.75, 3.05) is 11.7 Å². The lowest BCUT2D eigenvalue weighted by atomic mass is 9.84. The highest BCUT2D eigenvalue weighted by molar-refractivity contribution is 5.89. The molecule has 1 aliphatic carbocycles. The topological polar surface area (TPSA) is 38.8 Å². The number of ether oxygens (including phenoxy) is 1. The number of carbonyl (C=O) groups excluding carboxylic acids is 1. The molecule has 168 valence electrons. The molecule has 0 bridgehead atoms. The Morgan fingerprint density at radius 3 is 2.42 bits per heavy atom. The van der Waals surface area contributed by atoms with Crippen LogP contribution in [-0.2, 0) is 16.0 Å². The first-order valence-electron chi connectivity index (χ1n) is 11.6. The first-order valence-corrected chi connectivity index (χ1v) is 11.6. The molecule has 3 aromatic rings. The second-order valence-corrected chi connectivity index (χ2v) is 9.18. The maximum Gasteiger partial charge on any atom is 0.338 e. The zero-order valence-corrected chi connectivity index (χ0v) is 19.3. The van der Waals surface area contributed by atoms with E-state index in [1.54, 1.807) is 12.1 Å². The van der Waals surface area contributed by atoms with Crippen LogP contribution < -0.4 is 5.06 Å². The molecule has 4 nitrogen and oxygen atoms in total. The van der Waals surface area contributed by atoms with Crippen molar-refractivity contribution in [3.8, 4) is 0 Å². The van der Waals surface area contributed by atoms with Crippen molar-refractivity contribution in [1.29, 1.82) is 0 Å². The summed E-state index contributed by atoms with van der Waals surface area (Å²) in [6, 6.07) is 26.5. The van der Waals surface area contributed by atoms with Crippen molar-refractivity contribution in [3.05, 3.63) is 107 Å². The van der Waals surface area contributed by atoms with E-state index < -0.39 is 5.60 Å². The average molecular weight is 440 g/mol. The molecule has 0 fully saturated rings. The zero-order valence-electron chi connectivity index (χ0n) is 19.3. The van der Waals surface area contributed by atoms with Crippen LogP contribution in [0.1, 0.15) is 53.9 Å². The first kappa shape index (κ1) is 21.5. The molecule has 2 atom stereocenters. The number of nitrogens with zero attached hydrogens (tertiary/aromatic N) is 1. The molecule has 1 aliphatic heterocycles. The summed E-state index contributed by atoms with van der Waals surface area (Å²) in [4.78, 5) is 19.0. The minimum Gasteiger partial charge on any atom is -0.462 e. The highest BCUT2D eigenvalue weighted by Gasteiger charge is 2.44. The van der Waals surface area contributed by atoms with Gasteiger partial charge >= 0.3 is 5.97 Å². The van der Waals surface area contributed by atoms with Gasteiger partial charge in [0.1, 0.15) is 6.04 Å². The molecule has 0 amide bonds. The van der Waals surface area contributed by atoms with Gasteiger partial charge in [-0.2, -0.15) is 0 Å². The van der Waals surface area contributed by atoms with Crippen LogP contribution in [0.5, 0.6) is 0 Å². The molecule has 2 aliphatic rings. The van der Waals surface area contributed by atoms with Gasteiger partial charge in [-0.15, -0.1) is 0 Å². The van der Waals surface area contributed by atoms with Crippen LogP contribution in [0.2, 0.25) is 0 Å². The predicted molar refractivity (Wildman–Crippen MR) is 131 cm³/mol. The van der Waals surface area contributed by atoms with Crippen LogP contribution in [0.3, 0.4) is 0 Å². The van der Waals surface area contributed by atoms with Crippen LogP contribution in [0.15, 0.2) is 84.9 Å². The molecule has 4 heteroatoms. The van der Waals surface area contributed by atoms with Crippen molar-refractivity contribution in [1.82, 2.24) is 0 Å². The smallest absolute Gasteiger partial charge is 0.338 e. The fraction of sp³-hybridized carbons (Fsp3) is 0.276. The largest absolute Gasteiger partial charge is 0.462 e. The van der Waals surface area contributed by atoms with Crippen LogP contribution in [0.4, 0.5) is 5.69 Å². The summed E-state index contributed by atoms with van der Waals surface area (Å²) in [5, 5.41) is 2.00. The molecule has 0 aromatic heterocycles. The Kier molecular flexibility index (Phi) is 5.55. The number of anilines is 1. The second-order valence-electron chi connectivity index (χ2n) is 9.18. The van der Waals surface area contributed by atoms with Gasteiger partial charge in [0.15, 0.2) is 0 Å². The number of hydrogen-bond acceptors (Lipinski definition) is 4. The monoisotopic (exact) mass is 439 g/mol. The van der Waals surface area contributed by atoms with E-state index in [1.807, 2.05) is 30.2 Å². The molecule has 0 saturated heterocycles. The molecular weight excluding hydrogens is 410 g/mol. The van der Waals surface area contributed by atoms with E-state index in [0.717, 1.165) is 17.7 Å². The van der Waals surface area contributed by atoms with E-state index in [2.05, 4.69) is 68.5 Å². The summed E-state index contributed by atoms with van der Waals surface area (Å²) in [5.41, 5.74) is 6.21. The number of benzene rings is 3. The highest BCUT2D eigenvalue weighted by Crippen LogP contribution is 2.49. The lowest BCUT2D eigenvalue weighted by Crippen LogP contribution is -2.41. The Morgan fingerprint density at radius 2 is 1.70 bits per heavy atom. The molecule has 0 spiro atoms.